The van der Waals surface area contributed by atoms with E-state index in [1.165, 1.54) is 12.8 Å². The first-order chi connectivity index (χ1) is 8.07. The molecular formula is C13H24N2O2. The topological polar surface area (TPSA) is 52.6 Å². The van der Waals surface area contributed by atoms with E-state index < -0.39 is 5.60 Å². The van der Waals surface area contributed by atoms with E-state index in [1.54, 1.807) is 0 Å². The zero-order valence-corrected chi connectivity index (χ0v) is 10.7. The van der Waals surface area contributed by atoms with Gasteiger partial charge in [0.05, 0.1) is 5.60 Å². The van der Waals surface area contributed by atoms with Gasteiger partial charge in [0, 0.05) is 19.5 Å². The SMILES string of the molecule is CC1(O)CCN(C(=O)CC2CCCNC2)CC1. The van der Waals surface area contributed by atoms with Crippen molar-refractivity contribution in [3.8, 4) is 0 Å². The lowest BCUT2D eigenvalue weighted by Gasteiger charge is -2.36. The minimum atomic E-state index is -0.566. The monoisotopic (exact) mass is 240 g/mol. The predicted octanol–water partition coefficient (Wildman–Crippen LogP) is 0.749. The fraction of sp³-hybridized carbons (Fsp3) is 0.923. The lowest BCUT2D eigenvalue weighted by molar-refractivity contribution is -0.136. The molecule has 0 aromatic rings. The molecule has 4 heteroatoms. The quantitative estimate of drug-likeness (QED) is 0.749. The minimum Gasteiger partial charge on any atom is -0.390 e. The number of nitrogens with zero attached hydrogens (tertiary/aromatic N) is 1. The van der Waals surface area contributed by atoms with Gasteiger partial charge in [0.2, 0.25) is 5.91 Å². The van der Waals surface area contributed by atoms with Crippen LogP contribution < -0.4 is 5.32 Å². The number of rotatable bonds is 2. The number of carbonyl (C=O) groups is 1. The summed E-state index contributed by atoms with van der Waals surface area (Å²) in [5.74, 6) is 0.785. The van der Waals surface area contributed by atoms with Crippen molar-refractivity contribution in [2.75, 3.05) is 26.2 Å². The van der Waals surface area contributed by atoms with Crippen LogP contribution in [0.1, 0.15) is 39.0 Å². The van der Waals surface area contributed by atoms with Gasteiger partial charge in [-0.25, -0.2) is 0 Å². The standard InChI is InChI=1S/C13H24N2O2/c1-13(17)4-7-15(8-5-13)12(16)9-11-3-2-6-14-10-11/h11,14,17H,2-10H2,1H3. The highest BCUT2D eigenvalue weighted by Gasteiger charge is 2.30. The maximum absolute atomic E-state index is 12.1. The first-order valence-corrected chi connectivity index (χ1v) is 6.78. The van der Waals surface area contributed by atoms with Crippen LogP contribution >= 0.6 is 0 Å². The fourth-order valence-corrected chi connectivity index (χ4v) is 2.71. The van der Waals surface area contributed by atoms with Gasteiger partial charge in [-0.05, 0) is 51.6 Å². The van der Waals surface area contributed by atoms with Crippen LogP contribution in [0.4, 0.5) is 0 Å². The summed E-state index contributed by atoms with van der Waals surface area (Å²) < 4.78 is 0. The van der Waals surface area contributed by atoms with Crippen molar-refractivity contribution in [3.63, 3.8) is 0 Å². The number of aliphatic hydroxyl groups is 1. The Morgan fingerprint density at radius 3 is 2.76 bits per heavy atom. The van der Waals surface area contributed by atoms with E-state index in [1.807, 2.05) is 11.8 Å². The minimum absolute atomic E-state index is 0.272. The van der Waals surface area contributed by atoms with Gasteiger partial charge in [-0.2, -0.15) is 0 Å². The Morgan fingerprint density at radius 2 is 2.18 bits per heavy atom. The average molecular weight is 240 g/mol. The van der Waals surface area contributed by atoms with Crippen LogP contribution in [-0.2, 0) is 4.79 Å². The van der Waals surface area contributed by atoms with Crippen molar-refractivity contribution in [3.05, 3.63) is 0 Å². The Labute approximate surface area is 103 Å². The molecule has 98 valence electrons. The molecule has 0 aromatic carbocycles. The summed E-state index contributed by atoms with van der Waals surface area (Å²) in [6.07, 6.45) is 4.45. The van der Waals surface area contributed by atoms with E-state index in [-0.39, 0.29) is 5.91 Å². The zero-order valence-electron chi connectivity index (χ0n) is 10.7. The molecule has 1 atom stereocenters. The molecule has 4 nitrogen and oxygen atoms in total. The lowest BCUT2D eigenvalue weighted by atomic mass is 9.92. The van der Waals surface area contributed by atoms with Crippen molar-refractivity contribution >= 4 is 5.91 Å². The number of amides is 1. The van der Waals surface area contributed by atoms with Gasteiger partial charge in [-0.15, -0.1) is 0 Å². The van der Waals surface area contributed by atoms with E-state index >= 15 is 0 Å². The maximum Gasteiger partial charge on any atom is 0.222 e. The summed E-state index contributed by atoms with van der Waals surface area (Å²) in [6, 6.07) is 0. The molecule has 0 saturated carbocycles. The average Bonchev–Trinajstić information content (AvgIpc) is 2.30. The molecule has 2 heterocycles. The molecule has 0 aromatic heterocycles. The summed E-state index contributed by atoms with van der Waals surface area (Å²) in [7, 11) is 0. The number of nitrogens with one attached hydrogen (secondary N) is 1. The Balaban J connectivity index is 1.76. The summed E-state index contributed by atoms with van der Waals surface area (Å²) in [6.45, 7) is 5.37. The second-order valence-electron chi connectivity index (χ2n) is 5.79. The summed E-state index contributed by atoms with van der Waals surface area (Å²) in [5, 5.41) is 13.2. The smallest absolute Gasteiger partial charge is 0.222 e. The van der Waals surface area contributed by atoms with Gasteiger partial charge in [-0.1, -0.05) is 0 Å². The van der Waals surface area contributed by atoms with Crippen LogP contribution in [0.15, 0.2) is 0 Å². The van der Waals surface area contributed by atoms with Crippen molar-refractivity contribution in [2.24, 2.45) is 5.92 Å². The van der Waals surface area contributed by atoms with E-state index in [4.69, 9.17) is 0 Å². The first-order valence-electron chi connectivity index (χ1n) is 6.78. The van der Waals surface area contributed by atoms with Crippen LogP contribution in [0.25, 0.3) is 0 Å². The van der Waals surface area contributed by atoms with Crippen molar-refractivity contribution in [1.82, 2.24) is 10.2 Å². The van der Waals surface area contributed by atoms with E-state index in [0.29, 0.717) is 38.3 Å². The molecule has 2 aliphatic heterocycles. The molecule has 2 N–H and O–H groups in total. The Morgan fingerprint density at radius 1 is 1.47 bits per heavy atom. The van der Waals surface area contributed by atoms with Crippen molar-refractivity contribution in [2.45, 2.75) is 44.6 Å². The Kier molecular flexibility index (Phi) is 4.05. The first kappa shape index (κ1) is 12.8. The second kappa shape index (κ2) is 5.36. The van der Waals surface area contributed by atoms with Gasteiger partial charge in [-0.3, -0.25) is 4.79 Å². The molecule has 2 fully saturated rings. The molecule has 17 heavy (non-hydrogen) atoms. The van der Waals surface area contributed by atoms with Gasteiger partial charge in [0.25, 0.3) is 0 Å². The molecule has 0 bridgehead atoms. The molecule has 2 saturated heterocycles. The van der Waals surface area contributed by atoms with Crippen LogP contribution in [0.3, 0.4) is 0 Å². The Hall–Kier alpha value is -0.610. The number of piperidine rings is 2. The van der Waals surface area contributed by atoms with Crippen molar-refractivity contribution < 1.29 is 9.90 Å². The molecule has 0 aliphatic carbocycles. The van der Waals surface area contributed by atoms with E-state index in [0.717, 1.165) is 13.1 Å². The van der Waals surface area contributed by atoms with Gasteiger partial charge in [0.1, 0.15) is 0 Å². The van der Waals surface area contributed by atoms with E-state index in [2.05, 4.69) is 5.32 Å². The molecule has 2 aliphatic rings. The number of hydrogen-bond donors (Lipinski definition) is 2. The third kappa shape index (κ3) is 3.68. The molecular weight excluding hydrogens is 216 g/mol. The molecule has 2 rings (SSSR count). The highest BCUT2D eigenvalue weighted by Crippen LogP contribution is 2.23. The Bertz CT molecular complexity index is 263. The number of likely N-dealkylation sites (tertiary alicyclic amines) is 1. The van der Waals surface area contributed by atoms with Gasteiger partial charge < -0.3 is 15.3 Å². The molecule has 1 amide bonds. The third-order valence-corrected chi connectivity index (χ3v) is 4.06. The number of hydrogen-bond acceptors (Lipinski definition) is 3. The highest BCUT2D eigenvalue weighted by atomic mass is 16.3. The van der Waals surface area contributed by atoms with Crippen LogP contribution in [0.5, 0.6) is 0 Å². The lowest BCUT2D eigenvalue weighted by Crippen LogP contribution is -2.46. The van der Waals surface area contributed by atoms with Gasteiger partial charge >= 0.3 is 0 Å². The highest BCUT2D eigenvalue weighted by molar-refractivity contribution is 5.76. The predicted molar refractivity (Wildman–Crippen MR) is 66.6 cm³/mol. The van der Waals surface area contributed by atoms with Crippen molar-refractivity contribution in [1.29, 1.82) is 0 Å². The largest absolute Gasteiger partial charge is 0.390 e. The molecule has 0 radical (unpaired) electrons. The fourth-order valence-electron chi connectivity index (χ4n) is 2.71. The van der Waals surface area contributed by atoms with Crippen LogP contribution in [0, 0.1) is 5.92 Å². The maximum atomic E-state index is 12.1. The summed E-state index contributed by atoms with van der Waals surface area (Å²) in [5.41, 5.74) is -0.566. The van der Waals surface area contributed by atoms with Crippen LogP contribution in [-0.4, -0.2) is 47.7 Å². The molecule has 0 spiro atoms. The van der Waals surface area contributed by atoms with E-state index in [9.17, 15) is 9.90 Å². The molecule has 1 unspecified atom stereocenters. The normalized spacial score (nSPS) is 29.1. The number of carbonyl (C=O) groups excluding carboxylic acids is 1. The zero-order chi connectivity index (χ0) is 12.3. The third-order valence-electron chi connectivity index (χ3n) is 4.06. The summed E-state index contributed by atoms with van der Waals surface area (Å²) >= 11 is 0. The van der Waals surface area contributed by atoms with Gasteiger partial charge in [0.15, 0.2) is 0 Å². The second-order valence-corrected chi connectivity index (χ2v) is 5.79. The summed E-state index contributed by atoms with van der Waals surface area (Å²) in [4.78, 5) is 14.0. The van der Waals surface area contributed by atoms with Crippen LogP contribution in [0.2, 0.25) is 0 Å².